The third-order valence-electron chi connectivity index (χ3n) is 4.69. The third kappa shape index (κ3) is 3.07. The molecule has 1 aliphatic rings. The highest BCUT2D eigenvalue weighted by atomic mass is 16.2. The largest absolute Gasteiger partial charge is 0.332 e. The fraction of sp³-hybridized carbons (Fsp3) is 0.316. The van der Waals surface area contributed by atoms with Gasteiger partial charge in [-0.2, -0.15) is 5.10 Å². The second kappa shape index (κ2) is 6.55. The summed E-state index contributed by atoms with van der Waals surface area (Å²) < 4.78 is 3.79. The SMILES string of the molecule is Cc1cnn(C[C@H]2CCCN2C(=O)c2cncn2-c2ccccc2)c1. The van der Waals surface area contributed by atoms with E-state index in [1.165, 1.54) is 0 Å². The van der Waals surface area contributed by atoms with Gasteiger partial charge < -0.3 is 4.90 Å². The van der Waals surface area contributed by atoms with Crippen LogP contribution < -0.4 is 0 Å². The second-order valence-electron chi connectivity index (χ2n) is 6.52. The Balaban J connectivity index is 1.57. The predicted octanol–water partition coefficient (Wildman–Crippen LogP) is 2.68. The molecule has 1 aromatic carbocycles. The van der Waals surface area contributed by atoms with Crippen LogP contribution in [0.3, 0.4) is 0 Å². The summed E-state index contributed by atoms with van der Waals surface area (Å²) in [5, 5.41) is 4.36. The molecule has 2 aromatic heterocycles. The van der Waals surface area contributed by atoms with Crippen molar-refractivity contribution in [3.63, 3.8) is 0 Å². The van der Waals surface area contributed by atoms with Crippen molar-refractivity contribution in [2.24, 2.45) is 0 Å². The Kier molecular flexibility index (Phi) is 4.09. The lowest BCUT2D eigenvalue weighted by molar-refractivity contribution is 0.0713. The van der Waals surface area contributed by atoms with Crippen LogP contribution in [0.5, 0.6) is 0 Å². The van der Waals surface area contributed by atoms with E-state index in [1.807, 2.05) is 63.8 Å². The zero-order valence-electron chi connectivity index (χ0n) is 14.2. The number of aryl methyl sites for hydroxylation is 1. The van der Waals surface area contributed by atoms with Gasteiger partial charge in [0.15, 0.2) is 0 Å². The molecule has 0 N–H and O–H groups in total. The molecule has 3 aromatic rings. The zero-order chi connectivity index (χ0) is 17.2. The van der Waals surface area contributed by atoms with E-state index in [9.17, 15) is 4.79 Å². The van der Waals surface area contributed by atoms with Crippen LogP contribution in [0.15, 0.2) is 55.2 Å². The lowest BCUT2D eigenvalue weighted by atomic mass is 10.2. The molecule has 1 saturated heterocycles. The summed E-state index contributed by atoms with van der Waals surface area (Å²) in [5.41, 5.74) is 2.69. The zero-order valence-corrected chi connectivity index (χ0v) is 14.2. The fourth-order valence-electron chi connectivity index (χ4n) is 3.47. The van der Waals surface area contributed by atoms with Crippen molar-refractivity contribution in [3.8, 4) is 5.69 Å². The first kappa shape index (κ1) is 15.6. The first-order valence-corrected chi connectivity index (χ1v) is 8.60. The number of para-hydroxylation sites is 1. The average molecular weight is 335 g/mol. The molecule has 0 radical (unpaired) electrons. The van der Waals surface area contributed by atoms with Crippen LogP contribution in [0.4, 0.5) is 0 Å². The van der Waals surface area contributed by atoms with E-state index in [2.05, 4.69) is 10.1 Å². The quantitative estimate of drug-likeness (QED) is 0.736. The molecule has 6 heteroatoms. The Morgan fingerprint density at radius 2 is 2.08 bits per heavy atom. The number of imidazole rings is 1. The maximum absolute atomic E-state index is 13.1. The summed E-state index contributed by atoms with van der Waals surface area (Å²) in [6.07, 6.45) is 9.26. The molecule has 1 amide bonds. The molecule has 1 fully saturated rings. The molecule has 0 unspecified atom stereocenters. The monoisotopic (exact) mass is 335 g/mol. The summed E-state index contributed by atoms with van der Waals surface area (Å²) >= 11 is 0. The summed E-state index contributed by atoms with van der Waals surface area (Å²) in [5.74, 6) is 0.0349. The number of hydrogen-bond donors (Lipinski definition) is 0. The molecule has 0 bridgehead atoms. The van der Waals surface area contributed by atoms with Crippen LogP contribution in [-0.4, -0.2) is 42.7 Å². The van der Waals surface area contributed by atoms with E-state index in [-0.39, 0.29) is 11.9 Å². The Hall–Kier alpha value is -2.89. The van der Waals surface area contributed by atoms with Crippen LogP contribution in [0.25, 0.3) is 5.69 Å². The van der Waals surface area contributed by atoms with Gasteiger partial charge in [-0.05, 0) is 37.5 Å². The van der Waals surface area contributed by atoms with Gasteiger partial charge in [-0.15, -0.1) is 0 Å². The molecule has 128 valence electrons. The van der Waals surface area contributed by atoms with Crippen molar-refractivity contribution in [2.75, 3.05) is 6.54 Å². The minimum absolute atomic E-state index is 0.0349. The maximum atomic E-state index is 13.1. The van der Waals surface area contributed by atoms with Gasteiger partial charge in [-0.25, -0.2) is 4.98 Å². The number of carbonyl (C=O) groups excluding carboxylic acids is 1. The molecule has 1 aliphatic heterocycles. The standard InChI is InChI=1S/C19H21N5O/c1-15-10-21-22(12-15)13-17-8-5-9-23(17)19(25)18-11-20-14-24(18)16-6-3-2-4-7-16/h2-4,6-7,10-12,14,17H,5,8-9,13H2,1H3/t17-/m1/s1. The number of amides is 1. The third-order valence-corrected chi connectivity index (χ3v) is 4.69. The van der Waals surface area contributed by atoms with Crippen LogP contribution in [0, 0.1) is 6.92 Å². The molecule has 6 nitrogen and oxygen atoms in total. The van der Waals surface area contributed by atoms with Crippen molar-refractivity contribution in [3.05, 3.63) is 66.5 Å². The number of rotatable bonds is 4. The van der Waals surface area contributed by atoms with E-state index in [1.54, 1.807) is 12.5 Å². The molecular formula is C19H21N5O. The van der Waals surface area contributed by atoms with Crippen molar-refractivity contribution in [1.82, 2.24) is 24.2 Å². The van der Waals surface area contributed by atoms with Gasteiger partial charge in [0.05, 0.1) is 31.3 Å². The van der Waals surface area contributed by atoms with Crippen molar-refractivity contribution in [1.29, 1.82) is 0 Å². The average Bonchev–Trinajstić information content (AvgIpc) is 3.36. The topological polar surface area (TPSA) is 56.0 Å². The van der Waals surface area contributed by atoms with E-state index < -0.39 is 0 Å². The molecular weight excluding hydrogens is 314 g/mol. The normalized spacial score (nSPS) is 17.2. The van der Waals surface area contributed by atoms with Crippen molar-refractivity contribution < 1.29 is 4.79 Å². The van der Waals surface area contributed by atoms with Crippen LogP contribution in [0.2, 0.25) is 0 Å². The molecule has 0 spiro atoms. The van der Waals surface area contributed by atoms with Gasteiger partial charge in [0.2, 0.25) is 0 Å². The molecule has 3 heterocycles. The summed E-state index contributed by atoms with van der Waals surface area (Å²) in [7, 11) is 0. The van der Waals surface area contributed by atoms with Crippen molar-refractivity contribution in [2.45, 2.75) is 32.4 Å². The van der Waals surface area contributed by atoms with Gasteiger partial charge in [-0.1, -0.05) is 18.2 Å². The Morgan fingerprint density at radius 3 is 2.84 bits per heavy atom. The van der Waals surface area contributed by atoms with Gasteiger partial charge in [0.25, 0.3) is 5.91 Å². The number of carbonyl (C=O) groups is 1. The summed E-state index contributed by atoms with van der Waals surface area (Å²) in [6, 6.07) is 10.0. The summed E-state index contributed by atoms with van der Waals surface area (Å²) in [4.78, 5) is 19.3. The molecule has 25 heavy (non-hydrogen) atoms. The molecule has 1 atom stereocenters. The number of aromatic nitrogens is 4. The highest BCUT2D eigenvalue weighted by molar-refractivity contribution is 5.93. The Labute approximate surface area is 146 Å². The number of benzene rings is 1. The smallest absolute Gasteiger partial charge is 0.272 e. The fourth-order valence-corrected chi connectivity index (χ4v) is 3.47. The maximum Gasteiger partial charge on any atom is 0.272 e. The van der Waals surface area contributed by atoms with Gasteiger partial charge in [0, 0.05) is 18.4 Å². The van der Waals surface area contributed by atoms with E-state index in [0.29, 0.717) is 5.69 Å². The Bertz CT molecular complexity index is 867. The number of hydrogen-bond acceptors (Lipinski definition) is 3. The first-order valence-electron chi connectivity index (χ1n) is 8.60. The van der Waals surface area contributed by atoms with Gasteiger partial charge >= 0.3 is 0 Å². The van der Waals surface area contributed by atoms with E-state index >= 15 is 0 Å². The van der Waals surface area contributed by atoms with Crippen LogP contribution in [-0.2, 0) is 6.54 Å². The van der Waals surface area contributed by atoms with Crippen molar-refractivity contribution >= 4 is 5.91 Å². The van der Waals surface area contributed by atoms with E-state index in [0.717, 1.165) is 37.2 Å². The van der Waals surface area contributed by atoms with Crippen LogP contribution >= 0.6 is 0 Å². The second-order valence-corrected chi connectivity index (χ2v) is 6.52. The van der Waals surface area contributed by atoms with Gasteiger partial charge in [-0.3, -0.25) is 14.0 Å². The number of likely N-dealkylation sites (tertiary alicyclic amines) is 1. The number of nitrogens with zero attached hydrogens (tertiary/aromatic N) is 5. The first-order chi connectivity index (χ1) is 12.2. The van der Waals surface area contributed by atoms with Crippen LogP contribution in [0.1, 0.15) is 28.9 Å². The lowest BCUT2D eigenvalue weighted by Crippen LogP contribution is -2.39. The van der Waals surface area contributed by atoms with Gasteiger partial charge in [0.1, 0.15) is 5.69 Å². The highest BCUT2D eigenvalue weighted by Gasteiger charge is 2.31. The molecule has 0 aliphatic carbocycles. The molecule has 0 saturated carbocycles. The molecule has 4 rings (SSSR count). The minimum atomic E-state index is 0.0349. The van der Waals surface area contributed by atoms with E-state index in [4.69, 9.17) is 0 Å². The highest BCUT2D eigenvalue weighted by Crippen LogP contribution is 2.22. The Morgan fingerprint density at radius 1 is 1.24 bits per heavy atom. The summed E-state index contributed by atoms with van der Waals surface area (Å²) in [6.45, 7) is 3.54. The lowest BCUT2D eigenvalue weighted by Gasteiger charge is -2.25. The predicted molar refractivity (Wildman–Crippen MR) is 94.6 cm³/mol. The minimum Gasteiger partial charge on any atom is -0.332 e.